The fourth-order valence-corrected chi connectivity index (χ4v) is 3.73. The predicted molar refractivity (Wildman–Crippen MR) is 84.9 cm³/mol. The van der Waals surface area contributed by atoms with E-state index in [9.17, 15) is 10.1 Å². The van der Waals surface area contributed by atoms with Crippen molar-refractivity contribution in [3.8, 4) is 0 Å². The molecule has 0 N–H and O–H groups in total. The van der Waals surface area contributed by atoms with Crippen LogP contribution in [0.15, 0.2) is 42.5 Å². The van der Waals surface area contributed by atoms with Crippen molar-refractivity contribution < 1.29 is 4.92 Å². The molecule has 0 bridgehead atoms. The molecule has 0 saturated heterocycles. The lowest BCUT2D eigenvalue weighted by atomic mass is 10.0. The molecule has 0 aliphatic carbocycles. The highest BCUT2D eigenvalue weighted by Gasteiger charge is 2.20. The molecule has 0 fully saturated rings. The molecule has 3 nitrogen and oxygen atoms in total. The first-order valence-electron chi connectivity index (χ1n) is 5.81. The first-order valence-corrected chi connectivity index (χ1v) is 7.48. The van der Waals surface area contributed by atoms with Crippen LogP contribution < -0.4 is 0 Å². The zero-order valence-electron chi connectivity index (χ0n) is 10.2. The number of hydrogen-bond acceptors (Lipinski definition) is 2. The monoisotopic (exact) mass is 373 g/mol. The van der Waals surface area contributed by atoms with E-state index in [4.69, 9.17) is 23.2 Å². The van der Waals surface area contributed by atoms with Gasteiger partial charge in [-0.2, -0.15) is 0 Å². The maximum Gasteiger partial charge on any atom is 0.272 e. The van der Waals surface area contributed by atoms with E-state index in [1.165, 1.54) is 6.07 Å². The molecule has 0 amide bonds. The number of hydrogen-bond donors (Lipinski definition) is 0. The first-order chi connectivity index (χ1) is 9.50. The Kier molecular flexibility index (Phi) is 5.02. The van der Waals surface area contributed by atoms with E-state index in [2.05, 4.69) is 15.9 Å². The number of benzene rings is 2. The summed E-state index contributed by atoms with van der Waals surface area (Å²) in [7, 11) is 0. The summed E-state index contributed by atoms with van der Waals surface area (Å²) >= 11 is 15.8. The normalized spacial score (nSPS) is 12.2. The minimum atomic E-state index is -0.386. The highest BCUT2D eigenvalue weighted by molar-refractivity contribution is 9.09. The first kappa shape index (κ1) is 15.3. The van der Waals surface area contributed by atoms with Gasteiger partial charge in [-0.25, -0.2) is 0 Å². The highest BCUT2D eigenvalue weighted by atomic mass is 79.9. The third-order valence-electron chi connectivity index (χ3n) is 2.90. The van der Waals surface area contributed by atoms with Gasteiger partial charge in [0, 0.05) is 32.1 Å². The molecule has 104 valence electrons. The SMILES string of the molecule is O=[N+]([O-])c1ccccc1CC(Br)c1c(Cl)cccc1Cl. The molecule has 2 aromatic rings. The molecule has 1 atom stereocenters. The number of nitrogens with zero attached hydrogens (tertiary/aromatic N) is 1. The summed E-state index contributed by atoms with van der Waals surface area (Å²) < 4.78 is 0. The Labute approximate surface area is 134 Å². The minimum absolute atomic E-state index is 0.0973. The fraction of sp³-hybridized carbons (Fsp3) is 0.143. The van der Waals surface area contributed by atoms with Gasteiger partial charge in [0.1, 0.15) is 0 Å². The molecule has 0 heterocycles. The molecule has 0 aromatic heterocycles. The summed E-state index contributed by atoms with van der Waals surface area (Å²) in [6.07, 6.45) is 0.431. The maximum absolute atomic E-state index is 11.0. The van der Waals surface area contributed by atoms with Crippen LogP contribution in [-0.2, 0) is 6.42 Å². The van der Waals surface area contributed by atoms with Crippen LogP contribution in [0.1, 0.15) is 16.0 Å². The molecule has 0 aliphatic rings. The fourth-order valence-electron chi connectivity index (χ4n) is 1.97. The Balaban J connectivity index is 2.33. The van der Waals surface area contributed by atoms with Crippen LogP contribution in [0, 0.1) is 10.1 Å². The Morgan fingerprint density at radius 2 is 1.70 bits per heavy atom. The van der Waals surface area contributed by atoms with E-state index in [1.54, 1.807) is 36.4 Å². The third kappa shape index (κ3) is 3.32. The van der Waals surface area contributed by atoms with Crippen LogP contribution in [0.4, 0.5) is 5.69 Å². The van der Waals surface area contributed by atoms with Gasteiger partial charge in [0.15, 0.2) is 0 Å². The number of alkyl halides is 1. The topological polar surface area (TPSA) is 43.1 Å². The van der Waals surface area contributed by atoms with Crippen LogP contribution in [0.3, 0.4) is 0 Å². The molecule has 2 rings (SSSR count). The van der Waals surface area contributed by atoms with Crippen molar-refractivity contribution in [2.45, 2.75) is 11.2 Å². The molecule has 0 aliphatic heterocycles. The van der Waals surface area contributed by atoms with Crippen molar-refractivity contribution in [2.24, 2.45) is 0 Å². The van der Waals surface area contributed by atoms with Crippen molar-refractivity contribution in [3.05, 3.63) is 73.8 Å². The van der Waals surface area contributed by atoms with E-state index < -0.39 is 0 Å². The van der Waals surface area contributed by atoms with Crippen LogP contribution >= 0.6 is 39.1 Å². The lowest BCUT2D eigenvalue weighted by Gasteiger charge is -2.14. The van der Waals surface area contributed by atoms with E-state index in [-0.39, 0.29) is 15.4 Å². The number of rotatable bonds is 4. The van der Waals surface area contributed by atoms with Crippen molar-refractivity contribution in [1.82, 2.24) is 0 Å². The van der Waals surface area contributed by atoms with Gasteiger partial charge in [0.2, 0.25) is 0 Å². The second kappa shape index (κ2) is 6.57. The van der Waals surface area contributed by atoms with Gasteiger partial charge in [-0.15, -0.1) is 0 Å². The van der Waals surface area contributed by atoms with Gasteiger partial charge in [-0.1, -0.05) is 63.4 Å². The van der Waals surface area contributed by atoms with E-state index in [0.717, 1.165) is 5.56 Å². The molecule has 0 saturated carbocycles. The molecule has 0 radical (unpaired) electrons. The van der Waals surface area contributed by atoms with Crippen molar-refractivity contribution in [3.63, 3.8) is 0 Å². The van der Waals surface area contributed by atoms with E-state index in [0.29, 0.717) is 22.0 Å². The number of para-hydroxylation sites is 1. The molecule has 0 spiro atoms. The third-order valence-corrected chi connectivity index (χ3v) is 4.34. The summed E-state index contributed by atoms with van der Waals surface area (Å²) in [6, 6.07) is 11.9. The Morgan fingerprint density at radius 1 is 1.10 bits per heavy atom. The van der Waals surface area contributed by atoms with E-state index in [1.807, 2.05) is 0 Å². The number of nitro benzene ring substituents is 1. The van der Waals surface area contributed by atoms with Crippen LogP contribution in [0.5, 0.6) is 0 Å². The quantitative estimate of drug-likeness (QED) is 0.398. The van der Waals surface area contributed by atoms with Crippen molar-refractivity contribution in [1.29, 1.82) is 0 Å². The van der Waals surface area contributed by atoms with Gasteiger partial charge < -0.3 is 0 Å². The smallest absolute Gasteiger partial charge is 0.258 e. The molecule has 6 heteroatoms. The van der Waals surface area contributed by atoms with Crippen LogP contribution in [0.25, 0.3) is 0 Å². The predicted octanol–water partition coefficient (Wildman–Crippen LogP) is 5.58. The summed E-state index contributed by atoms with van der Waals surface area (Å²) in [4.78, 5) is 10.4. The van der Waals surface area contributed by atoms with Crippen LogP contribution in [0.2, 0.25) is 10.0 Å². The second-order valence-corrected chi connectivity index (χ2v) is 6.11. The van der Waals surface area contributed by atoms with E-state index >= 15 is 0 Å². The largest absolute Gasteiger partial charge is 0.272 e. The lowest BCUT2D eigenvalue weighted by Crippen LogP contribution is -2.01. The molecule has 20 heavy (non-hydrogen) atoms. The molecule has 1 unspecified atom stereocenters. The Morgan fingerprint density at radius 3 is 2.30 bits per heavy atom. The Hall–Kier alpha value is -1.10. The minimum Gasteiger partial charge on any atom is -0.258 e. The average molecular weight is 375 g/mol. The average Bonchev–Trinajstić information content (AvgIpc) is 2.38. The molecular weight excluding hydrogens is 365 g/mol. The summed E-state index contributed by atoms with van der Waals surface area (Å²) in [5.74, 6) is 0. The van der Waals surface area contributed by atoms with Gasteiger partial charge in [-0.3, -0.25) is 10.1 Å². The standard InChI is InChI=1S/C14H10BrCl2NO2/c15-10(14-11(16)5-3-6-12(14)17)8-9-4-1-2-7-13(9)18(19)20/h1-7,10H,8H2. The van der Waals surface area contributed by atoms with Gasteiger partial charge in [-0.05, 0) is 18.6 Å². The van der Waals surface area contributed by atoms with Crippen LogP contribution in [-0.4, -0.2) is 4.92 Å². The zero-order valence-corrected chi connectivity index (χ0v) is 13.3. The molecule has 2 aromatic carbocycles. The summed E-state index contributed by atoms with van der Waals surface area (Å²) in [6.45, 7) is 0. The molecular formula is C14H10BrCl2NO2. The second-order valence-electron chi connectivity index (χ2n) is 4.19. The van der Waals surface area contributed by atoms with Gasteiger partial charge in [0.05, 0.1) is 4.92 Å². The van der Waals surface area contributed by atoms with Crippen molar-refractivity contribution in [2.75, 3.05) is 0 Å². The summed E-state index contributed by atoms with van der Waals surface area (Å²) in [5.41, 5.74) is 1.48. The zero-order chi connectivity index (χ0) is 14.7. The Bertz CT molecular complexity index is 629. The summed E-state index contributed by atoms with van der Waals surface area (Å²) in [5, 5.41) is 12.1. The number of nitro groups is 1. The maximum atomic E-state index is 11.0. The van der Waals surface area contributed by atoms with Gasteiger partial charge in [0.25, 0.3) is 5.69 Å². The van der Waals surface area contributed by atoms with Crippen molar-refractivity contribution >= 4 is 44.8 Å². The lowest BCUT2D eigenvalue weighted by molar-refractivity contribution is -0.385. The highest BCUT2D eigenvalue weighted by Crippen LogP contribution is 2.38. The number of halogens is 3. The van der Waals surface area contributed by atoms with Gasteiger partial charge >= 0.3 is 0 Å².